The van der Waals surface area contributed by atoms with Gasteiger partial charge in [-0.1, -0.05) is 19.9 Å². The van der Waals surface area contributed by atoms with Crippen LogP contribution in [-0.4, -0.2) is 30.1 Å². The van der Waals surface area contributed by atoms with Gasteiger partial charge in [0.25, 0.3) is 0 Å². The number of aliphatic hydroxyl groups is 1. The van der Waals surface area contributed by atoms with Crippen molar-refractivity contribution in [3.05, 3.63) is 23.8 Å². The van der Waals surface area contributed by atoms with Crippen molar-refractivity contribution in [2.45, 2.75) is 56.4 Å². The first-order valence-corrected chi connectivity index (χ1v) is 8.14. The minimum Gasteiger partial charge on any atom is -0.496 e. The Labute approximate surface area is 127 Å². The molecule has 3 unspecified atom stereocenters. The largest absolute Gasteiger partial charge is 0.496 e. The Morgan fingerprint density at radius 2 is 2.00 bits per heavy atom. The van der Waals surface area contributed by atoms with Crippen LogP contribution in [0.3, 0.4) is 0 Å². The summed E-state index contributed by atoms with van der Waals surface area (Å²) in [5.74, 6) is 0.906. The zero-order valence-electron chi connectivity index (χ0n) is 13.1. The number of benzene rings is 1. The lowest BCUT2D eigenvalue weighted by molar-refractivity contribution is 0.196. The molecule has 3 atom stereocenters. The fourth-order valence-electron chi connectivity index (χ4n) is 1.99. The first-order chi connectivity index (χ1) is 9.51. The number of thioether (sulfide) groups is 1. The molecule has 114 valence electrons. The minimum atomic E-state index is -0.335. The molecule has 0 fully saturated rings. The maximum atomic E-state index is 9.71. The van der Waals surface area contributed by atoms with E-state index in [9.17, 15) is 5.11 Å². The highest BCUT2D eigenvalue weighted by Crippen LogP contribution is 2.37. The zero-order valence-corrected chi connectivity index (χ0v) is 14.0. The van der Waals surface area contributed by atoms with Gasteiger partial charge in [-0.2, -0.15) is 0 Å². The van der Waals surface area contributed by atoms with Crippen molar-refractivity contribution < 1.29 is 9.84 Å². The molecule has 0 spiro atoms. The summed E-state index contributed by atoms with van der Waals surface area (Å²) in [6.07, 6.45) is 0.768. The van der Waals surface area contributed by atoms with Gasteiger partial charge in [-0.3, -0.25) is 0 Å². The molecule has 20 heavy (non-hydrogen) atoms. The van der Waals surface area contributed by atoms with Gasteiger partial charge in [0.2, 0.25) is 0 Å². The molecule has 0 saturated heterocycles. The van der Waals surface area contributed by atoms with Crippen molar-refractivity contribution in [1.82, 2.24) is 5.32 Å². The Bertz CT molecular complexity index is 409. The topological polar surface area (TPSA) is 41.5 Å². The van der Waals surface area contributed by atoms with E-state index in [-0.39, 0.29) is 17.4 Å². The van der Waals surface area contributed by atoms with Gasteiger partial charge in [0.05, 0.1) is 13.2 Å². The Hall–Kier alpha value is -0.710. The van der Waals surface area contributed by atoms with Gasteiger partial charge < -0.3 is 15.2 Å². The summed E-state index contributed by atoms with van der Waals surface area (Å²) in [7, 11) is 1.71. The number of aliphatic hydroxyl groups excluding tert-OH is 1. The van der Waals surface area contributed by atoms with E-state index in [1.165, 1.54) is 10.5 Å². The van der Waals surface area contributed by atoms with Gasteiger partial charge in [0.15, 0.2) is 0 Å². The molecule has 0 radical (unpaired) electrons. The van der Waals surface area contributed by atoms with Crippen LogP contribution in [0.15, 0.2) is 23.1 Å². The van der Waals surface area contributed by atoms with Gasteiger partial charge in [-0.05, 0) is 38.9 Å². The van der Waals surface area contributed by atoms with Crippen LogP contribution < -0.4 is 10.1 Å². The molecule has 0 heterocycles. The molecule has 0 bridgehead atoms. The van der Waals surface area contributed by atoms with Crippen molar-refractivity contribution in [3.8, 4) is 5.75 Å². The molecule has 1 aromatic carbocycles. The molecule has 1 rings (SSSR count). The molecule has 0 aliphatic heterocycles. The van der Waals surface area contributed by atoms with Crippen LogP contribution in [-0.2, 0) is 0 Å². The lowest BCUT2D eigenvalue weighted by Gasteiger charge is -2.23. The van der Waals surface area contributed by atoms with Gasteiger partial charge in [0.1, 0.15) is 5.75 Å². The summed E-state index contributed by atoms with van der Waals surface area (Å²) in [6.45, 7) is 9.17. The van der Waals surface area contributed by atoms with Crippen molar-refractivity contribution in [3.63, 3.8) is 0 Å². The van der Waals surface area contributed by atoms with Crippen molar-refractivity contribution in [2.75, 3.05) is 13.7 Å². The number of rotatable bonds is 8. The smallest absolute Gasteiger partial charge is 0.124 e. The second-order valence-corrected chi connectivity index (χ2v) is 6.53. The van der Waals surface area contributed by atoms with E-state index in [0.29, 0.717) is 0 Å². The lowest BCUT2D eigenvalue weighted by atomic mass is 10.1. The van der Waals surface area contributed by atoms with E-state index in [0.717, 1.165) is 18.7 Å². The quantitative estimate of drug-likeness (QED) is 0.719. The average Bonchev–Trinajstić information content (AvgIpc) is 2.44. The predicted molar refractivity (Wildman–Crippen MR) is 86.7 cm³/mol. The minimum absolute atomic E-state index is 0.152. The van der Waals surface area contributed by atoms with Crippen LogP contribution >= 0.6 is 11.8 Å². The first kappa shape index (κ1) is 17.3. The summed E-state index contributed by atoms with van der Waals surface area (Å²) in [5, 5.41) is 13.4. The van der Waals surface area contributed by atoms with E-state index in [2.05, 4.69) is 25.2 Å². The molecule has 0 saturated carbocycles. The Kier molecular flexibility index (Phi) is 7.41. The monoisotopic (exact) mass is 297 g/mol. The van der Waals surface area contributed by atoms with Gasteiger partial charge in [0, 0.05) is 21.8 Å². The van der Waals surface area contributed by atoms with Crippen LogP contribution in [0, 0.1) is 0 Å². The standard InChI is InChI=1S/C16H27NO2S/c1-6-10-17-11(2)16-14(19-5)8-7-9-15(16)20-13(4)12(3)18/h7-9,11-13,17-18H,6,10H2,1-5H3. The van der Waals surface area contributed by atoms with Crippen molar-refractivity contribution in [2.24, 2.45) is 0 Å². The van der Waals surface area contributed by atoms with E-state index in [1.807, 2.05) is 26.0 Å². The number of nitrogens with one attached hydrogen (secondary N) is 1. The van der Waals surface area contributed by atoms with Crippen LogP contribution in [0.4, 0.5) is 0 Å². The molecule has 3 nitrogen and oxygen atoms in total. The number of hydrogen-bond donors (Lipinski definition) is 2. The van der Waals surface area contributed by atoms with Crippen LogP contribution in [0.5, 0.6) is 5.75 Å². The Morgan fingerprint density at radius 1 is 1.30 bits per heavy atom. The molecule has 2 N–H and O–H groups in total. The predicted octanol–water partition coefficient (Wildman–Crippen LogP) is 3.62. The summed E-state index contributed by atoms with van der Waals surface area (Å²) in [4.78, 5) is 1.17. The molecule has 0 aliphatic rings. The fourth-order valence-corrected chi connectivity index (χ4v) is 3.15. The third-order valence-corrected chi connectivity index (χ3v) is 4.75. The van der Waals surface area contributed by atoms with E-state index in [4.69, 9.17) is 4.74 Å². The lowest BCUT2D eigenvalue weighted by Crippen LogP contribution is -2.21. The summed E-state index contributed by atoms with van der Waals surface area (Å²) in [6, 6.07) is 6.34. The van der Waals surface area contributed by atoms with E-state index < -0.39 is 0 Å². The molecule has 4 heteroatoms. The second-order valence-electron chi connectivity index (χ2n) is 5.11. The fraction of sp³-hybridized carbons (Fsp3) is 0.625. The van der Waals surface area contributed by atoms with Gasteiger partial charge in [-0.15, -0.1) is 11.8 Å². The third-order valence-electron chi connectivity index (χ3n) is 3.37. The highest BCUT2D eigenvalue weighted by molar-refractivity contribution is 8.00. The number of hydrogen-bond acceptors (Lipinski definition) is 4. The van der Waals surface area contributed by atoms with Crippen LogP contribution in [0.25, 0.3) is 0 Å². The van der Waals surface area contributed by atoms with Gasteiger partial charge in [-0.25, -0.2) is 0 Å². The first-order valence-electron chi connectivity index (χ1n) is 7.26. The van der Waals surface area contributed by atoms with Crippen molar-refractivity contribution in [1.29, 1.82) is 0 Å². The number of methoxy groups -OCH3 is 1. The average molecular weight is 297 g/mol. The maximum absolute atomic E-state index is 9.71. The zero-order chi connectivity index (χ0) is 15.1. The van der Waals surface area contributed by atoms with Gasteiger partial charge >= 0.3 is 0 Å². The molecule has 0 amide bonds. The van der Waals surface area contributed by atoms with E-state index >= 15 is 0 Å². The Balaban J connectivity index is 3.03. The maximum Gasteiger partial charge on any atom is 0.124 e. The molecule has 0 aliphatic carbocycles. The highest BCUT2D eigenvalue weighted by Gasteiger charge is 2.19. The third kappa shape index (κ3) is 4.69. The molecule has 1 aromatic rings. The normalized spacial score (nSPS) is 15.7. The van der Waals surface area contributed by atoms with Crippen molar-refractivity contribution >= 4 is 11.8 Å². The highest BCUT2D eigenvalue weighted by atomic mass is 32.2. The molecular formula is C16H27NO2S. The molecular weight excluding hydrogens is 270 g/mol. The number of ether oxygens (including phenoxy) is 1. The van der Waals surface area contributed by atoms with Crippen LogP contribution in [0.1, 0.15) is 45.7 Å². The second kappa shape index (κ2) is 8.55. The SMILES string of the molecule is CCCNC(C)c1c(OC)cccc1SC(C)C(C)O. The van der Waals surface area contributed by atoms with E-state index in [1.54, 1.807) is 18.9 Å². The Morgan fingerprint density at radius 3 is 2.55 bits per heavy atom. The summed E-state index contributed by atoms with van der Waals surface area (Å²) in [5.41, 5.74) is 1.18. The van der Waals surface area contributed by atoms with Crippen LogP contribution in [0.2, 0.25) is 0 Å². The summed E-state index contributed by atoms with van der Waals surface area (Å²) >= 11 is 1.70. The molecule has 0 aromatic heterocycles. The summed E-state index contributed by atoms with van der Waals surface area (Å²) < 4.78 is 5.51.